The Balaban J connectivity index is 1.28. The summed E-state index contributed by atoms with van der Waals surface area (Å²) in [6.07, 6.45) is 14.5. The van der Waals surface area contributed by atoms with Crippen LogP contribution >= 0.6 is 0 Å². The van der Waals surface area contributed by atoms with Crippen molar-refractivity contribution in [2.45, 2.75) is 52.7 Å². The minimum absolute atomic E-state index is 0.00210. The summed E-state index contributed by atoms with van der Waals surface area (Å²) in [6, 6.07) is 13.4. The van der Waals surface area contributed by atoms with E-state index in [2.05, 4.69) is 42.4 Å². The molecule has 0 atom stereocenters. The fourth-order valence-corrected chi connectivity index (χ4v) is 6.34. The first-order valence-corrected chi connectivity index (χ1v) is 16.5. The summed E-state index contributed by atoms with van der Waals surface area (Å²) >= 11 is 0. The molecule has 5 rings (SSSR count). The molecule has 0 radical (unpaired) electrons. The van der Waals surface area contributed by atoms with Crippen LogP contribution in [0, 0.1) is 68.5 Å². The summed E-state index contributed by atoms with van der Waals surface area (Å²) in [6.45, 7) is 8.26. The molecule has 0 unspecified atom stereocenters. The van der Waals surface area contributed by atoms with Crippen LogP contribution in [-0.2, 0) is 11.3 Å². The number of nitrogens with zero attached hydrogens (tertiary/aromatic N) is 7. The Hall–Kier alpha value is -6.26. The van der Waals surface area contributed by atoms with Gasteiger partial charge in [-0.05, 0) is 60.9 Å². The zero-order chi connectivity index (χ0) is 38.7. The average molecular weight is 724 g/mol. The maximum Gasteiger partial charge on any atom is 0.200 e. The Bertz CT molecular complexity index is 2230. The van der Waals surface area contributed by atoms with Crippen LogP contribution in [0.2, 0.25) is 0 Å². The van der Waals surface area contributed by atoms with Crippen LogP contribution < -0.4 is 4.90 Å². The SMILES string of the molecule is CN(CCn1nncc1-c1c(F)c(F)c(F)c(F)c1F)c1ccc(/C=C/C2=CC(=C/C=C/C3=C(C#N)C(=C(C#N)C#N)OC3(C)C)/CC(C)(C)C2)cc1. The summed E-state index contributed by atoms with van der Waals surface area (Å²) in [5, 5.41) is 35.8. The van der Waals surface area contributed by atoms with Crippen molar-refractivity contribution in [2.75, 3.05) is 18.5 Å². The normalized spacial score (nSPS) is 17.2. The van der Waals surface area contributed by atoms with Crippen LogP contribution in [0.3, 0.4) is 0 Å². The van der Waals surface area contributed by atoms with Gasteiger partial charge < -0.3 is 9.64 Å². The van der Waals surface area contributed by atoms with Gasteiger partial charge in [-0.3, -0.25) is 0 Å². The lowest BCUT2D eigenvalue weighted by Gasteiger charge is -2.30. The van der Waals surface area contributed by atoms with E-state index in [9.17, 15) is 37.7 Å². The van der Waals surface area contributed by atoms with E-state index in [1.165, 1.54) is 0 Å². The molecule has 2 aliphatic rings. The van der Waals surface area contributed by atoms with Gasteiger partial charge in [0.2, 0.25) is 5.82 Å². The Kier molecular flexibility index (Phi) is 10.9. The summed E-state index contributed by atoms with van der Waals surface area (Å²) in [4.78, 5) is 1.85. The molecular weight excluding hydrogens is 689 g/mol. The van der Waals surface area contributed by atoms with Crippen molar-refractivity contribution >= 4 is 11.8 Å². The maximum absolute atomic E-state index is 14.4. The molecular formula is C40H34F5N7O. The van der Waals surface area contributed by atoms with Gasteiger partial charge in [0.1, 0.15) is 29.4 Å². The number of rotatable bonds is 9. The predicted octanol–water partition coefficient (Wildman–Crippen LogP) is 8.95. The van der Waals surface area contributed by atoms with Crippen molar-refractivity contribution in [2.24, 2.45) is 5.41 Å². The number of aromatic nitrogens is 3. The van der Waals surface area contributed by atoms with E-state index in [4.69, 9.17) is 4.74 Å². The first-order chi connectivity index (χ1) is 25.1. The molecule has 3 aromatic rings. The van der Waals surface area contributed by atoms with E-state index in [1.54, 1.807) is 39.1 Å². The molecule has 1 aliphatic heterocycles. The molecule has 0 spiro atoms. The van der Waals surface area contributed by atoms with E-state index < -0.39 is 40.3 Å². The molecule has 2 aromatic carbocycles. The van der Waals surface area contributed by atoms with Crippen molar-refractivity contribution in [3.05, 3.63) is 129 Å². The van der Waals surface area contributed by atoms with E-state index in [0.29, 0.717) is 5.57 Å². The quantitative estimate of drug-likeness (QED) is 0.0937. The molecule has 2 heterocycles. The van der Waals surface area contributed by atoms with Crippen LogP contribution in [0.15, 0.2) is 94.5 Å². The van der Waals surface area contributed by atoms with Crippen molar-refractivity contribution in [1.82, 2.24) is 15.0 Å². The fourth-order valence-electron chi connectivity index (χ4n) is 6.34. The highest BCUT2D eigenvalue weighted by atomic mass is 19.2. The third-order valence-corrected chi connectivity index (χ3v) is 8.93. The molecule has 0 amide bonds. The minimum atomic E-state index is -2.23. The number of ether oxygens (including phenoxy) is 1. The van der Waals surface area contributed by atoms with Gasteiger partial charge in [0.15, 0.2) is 34.6 Å². The van der Waals surface area contributed by atoms with E-state index in [0.717, 1.165) is 46.1 Å². The van der Waals surface area contributed by atoms with Gasteiger partial charge in [-0.2, -0.15) is 15.8 Å². The largest absolute Gasteiger partial charge is 0.480 e. The van der Waals surface area contributed by atoms with Crippen molar-refractivity contribution in [3.63, 3.8) is 0 Å². The number of benzene rings is 2. The van der Waals surface area contributed by atoms with Crippen LogP contribution in [0.25, 0.3) is 17.3 Å². The summed E-state index contributed by atoms with van der Waals surface area (Å²) in [7, 11) is 1.79. The van der Waals surface area contributed by atoms with E-state index in [1.807, 2.05) is 47.4 Å². The molecule has 53 heavy (non-hydrogen) atoms. The number of allylic oxidation sites excluding steroid dienone is 8. The second-order valence-corrected chi connectivity index (χ2v) is 13.9. The van der Waals surface area contributed by atoms with Gasteiger partial charge >= 0.3 is 0 Å². The Morgan fingerprint density at radius 3 is 2.17 bits per heavy atom. The second kappa shape index (κ2) is 15.1. The van der Waals surface area contributed by atoms with Crippen LogP contribution in [0.5, 0.6) is 0 Å². The summed E-state index contributed by atoms with van der Waals surface area (Å²) in [5.41, 5.74) is 2.14. The number of halogens is 5. The van der Waals surface area contributed by atoms with Gasteiger partial charge in [0.05, 0.1) is 24.0 Å². The molecule has 0 bridgehead atoms. The first-order valence-electron chi connectivity index (χ1n) is 16.5. The topological polar surface area (TPSA) is 115 Å². The lowest BCUT2D eigenvalue weighted by molar-refractivity contribution is 0.0954. The standard InChI is InChI=1S/C40H34F5N7O/c1-39(2)18-25(7-6-8-30-29(22-48)38(27(20-46)21-47)53-40(30,3)4)17-26(19-39)10-9-24-11-13-28(14-12-24)51(5)15-16-52-31(23-49-50-52)32-33(41)35(43)37(45)36(44)34(32)42/h6-14,17,23H,15-16,18-19H2,1-5H3/b8-6+,10-9+,25-7-. The van der Waals surface area contributed by atoms with Gasteiger partial charge in [-0.25, -0.2) is 26.6 Å². The molecule has 0 saturated carbocycles. The number of likely N-dealkylation sites (N-methyl/N-ethyl adjacent to an activating group) is 1. The molecule has 1 aromatic heterocycles. The van der Waals surface area contributed by atoms with Crippen molar-refractivity contribution in [3.8, 4) is 29.5 Å². The summed E-state index contributed by atoms with van der Waals surface area (Å²) < 4.78 is 77.0. The Labute approximate surface area is 304 Å². The average Bonchev–Trinajstić information content (AvgIpc) is 3.68. The van der Waals surface area contributed by atoms with Crippen LogP contribution in [0.4, 0.5) is 27.6 Å². The lowest BCUT2D eigenvalue weighted by Crippen LogP contribution is -2.23. The van der Waals surface area contributed by atoms with E-state index in [-0.39, 0.29) is 41.1 Å². The van der Waals surface area contributed by atoms with Crippen molar-refractivity contribution < 1.29 is 26.7 Å². The van der Waals surface area contributed by atoms with Crippen molar-refractivity contribution in [1.29, 1.82) is 15.8 Å². The summed E-state index contributed by atoms with van der Waals surface area (Å²) in [5.74, 6) is -10.2. The molecule has 1 aliphatic carbocycles. The second-order valence-electron chi connectivity index (χ2n) is 13.9. The molecule has 13 heteroatoms. The molecule has 0 saturated heterocycles. The highest BCUT2D eigenvalue weighted by molar-refractivity contribution is 5.62. The smallest absolute Gasteiger partial charge is 0.200 e. The maximum atomic E-state index is 14.4. The van der Waals surface area contributed by atoms with Gasteiger partial charge in [-0.1, -0.05) is 67.6 Å². The number of hydrogen-bond donors (Lipinski definition) is 0. The minimum Gasteiger partial charge on any atom is -0.480 e. The van der Waals surface area contributed by atoms with Gasteiger partial charge in [0.25, 0.3) is 0 Å². The zero-order valence-electron chi connectivity index (χ0n) is 29.6. The third kappa shape index (κ3) is 7.98. The molecule has 8 nitrogen and oxygen atoms in total. The van der Waals surface area contributed by atoms with Crippen LogP contribution in [0.1, 0.15) is 46.1 Å². The molecule has 0 fully saturated rings. The number of nitriles is 3. The predicted molar refractivity (Wildman–Crippen MR) is 188 cm³/mol. The highest BCUT2D eigenvalue weighted by Gasteiger charge is 2.38. The highest BCUT2D eigenvalue weighted by Crippen LogP contribution is 2.41. The molecule has 0 N–H and O–H groups in total. The van der Waals surface area contributed by atoms with Gasteiger partial charge in [-0.15, -0.1) is 5.10 Å². The Morgan fingerprint density at radius 2 is 1.55 bits per heavy atom. The lowest BCUT2D eigenvalue weighted by atomic mass is 9.75. The first kappa shape index (κ1) is 38.0. The number of hydrogen-bond acceptors (Lipinski definition) is 7. The third-order valence-electron chi connectivity index (χ3n) is 8.93. The zero-order valence-corrected chi connectivity index (χ0v) is 29.6. The fraction of sp³-hybridized carbons (Fsp3) is 0.275. The van der Waals surface area contributed by atoms with E-state index >= 15 is 0 Å². The van der Waals surface area contributed by atoms with Crippen LogP contribution in [-0.4, -0.2) is 34.2 Å². The Morgan fingerprint density at radius 1 is 0.906 bits per heavy atom. The monoisotopic (exact) mass is 723 g/mol. The number of anilines is 1. The molecule has 270 valence electrons. The van der Waals surface area contributed by atoms with Gasteiger partial charge in [0, 0.05) is 24.9 Å².